The fourth-order valence-electron chi connectivity index (χ4n) is 1.98. The molecule has 2 amide bonds. The van der Waals surface area contributed by atoms with E-state index in [1.165, 1.54) is 0 Å². The lowest BCUT2D eigenvalue weighted by atomic mass is 10.2. The van der Waals surface area contributed by atoms with Crippen molar-refractivity contribution in [2.75, 3.05) is 18.5 Å². The van der Waals surface area contributed by atoms with E-state index in [9.17, 15) is 9.59 Å². The quantitative estimate of drug-likeness (QED) is 0.722. The molecule has 0 saturated heterocycles. The van der Waals surface area contributed by atoms with Gasteiger partial charge in [-0.15, -0.1) is 0 Å². The van der Waals surface area contributed by atoms with Gasteiger partial charge in [-0.3, -0.25) is 9.59 Å². The maximum Gasteiger partial charge on any atom is 0.224 e. The number of benzene rings is 1. The minimum atomic E-state index is -0.0418. The largest absolute Gasteiger partial charge is 0.494 e. The normalized spacial score (nSPS) is 13.6. The van der Waals surface area contributed by atoms with Gasteiger partial charge in [0.25, 0.3) is 0 Å². The SMILES string of the molecule is CCOc1ccc(NC(=O)CCCNC(=O)C2CC2)cc1. The predicted molar refractivity (Wildman–Crippen MR) is 81.2 cm³/mol. The second-order valence-electron chi connectivity index (χ2n) is 5.17. The number of hydrogen-bond acceptors (Lipinski definition) is 3. The number of carbonyl (C=O) groups is 2. The van der Waals surface area contributed by atoms with Crippen LogP contribution in [-0.2, 0) is 9.59 Å². The third-order valence-electron chi connectivity index (χ3n) is 3.28. The van der Waals surface area contributed by atoms with Gasteiger partial charge in [0.1, 0.15) is 5.75 Å². The highest BCUT2D eigenvalue weighted by Gasteiger charge is 2.28. The summed E-state index contributed by atoms with van der Waals surface area (Å²) in [6.45, 7) is 3.11. The smallest absolute Gasteiger partial charge is 0.224 e. The van der Waals surface area contributed by atoms with E-state index in [0.29, 0.717) is 26.0 Å². The molecule has 0 aromatic heterocycles. The molecule has 1 aliphatic rings. The summed E-state index contributed by atoms with van der Waals surface area (Å²) >= 11 is 0. The molecular weight excluding hydrogens is 268 g/mol. The molecule has 1 aliphatic carbocycles. The Morgan fingerprint density at radius 2 is 1.95 bits per heavy atom. The summed E-state index contributed by atoms with van der Waals surface area (Å²) in [4.78, 5) is 23.2. The Morgan fingerprint density at radius 3 is 2.57 bits per heavy atom. The first-order valence-electron chi connectivity index (χ1n) is 7.49. The molecule has 0 unspecified atom stereocenters. The van der Waals surface area contributed by atoms with E-state index in [2.05, 4.69) is 10.6 Å². The number of anilines is 1. The highest BCUT2D eigenvalue weighted by atomic mass is 16.5. The molecule has 0 radical (unpaired) electrons. The van der Waals surface area contributed by atoms with Crippen LogP contribution in [0.3, 0.4) is 0 Å². The van der Waals surface area contributed by atoms with Crippen LogP contribution in [0.15, 0.2) is 24.3 Å². The summed E-state index contributed by atoms with van der Waals surface area (Å²) < 4.78 is 5.34. The number of ether oxygens (including phenoxy) is 1. The molecule has 1 fully saturated rings. The molecule has 0 heterocycles. The summed E-state index contributed by atoms with van der Waals surface area (Å²) in [6.07, 6.45) is 3.06. The van der Waals surface area contributed by atoms with Gasteiger partial charge in [-0.2, -0.15) is 0 Å². The summed E-state index contributed by atoms with van der Waals surface area (Å²) in [6, 6.07) is 7.29. The van der Waals surface area contributed by atoms with Gasteiger partial charge in [-0.25, -0.2) is 0 Å². The first kappa shape index (κ1) is 15.4. The van der Waals surface area contributed by atoms with Crippen LogP contribution >= 0.6 is 0 Å². The number of rotatable bonds is 8. The summed E-state index contributed by atoms with van der Waals surface area (Å²) in [5, 5.41) is 5.68. The molecule has 114 valence electrons. The standard InChI is InChI=1S/C16H22N2O3/c1-2-21-14-9-7-13(8-10-14)18-15(19)4-3-11-17-16(20)12-5-6-12/h7-10,12H,2-6,11H2,1H3,(H,17,20)(H,18,19). The zero-order chi connectivity index (χ0) is 15.1. The zero-order valence-electron chi connectivity index (χ0n) is 12.4. The van der Waals surface area contributed by atoms with E-state index in [-0.39, 0.29) is 17.7 Å². The Bertz CT molecular complexity index is 481. The first-order chi connectivity index (χ1) is 10.2. The van der Waals surface area contributed by atoms with Crippen LogP contribution in [0.25, 0.3) is 0 Å². The number of nitrogens with one attached hydrogen (secondary N) is 2. The molecule has 1 saturated carbocycles. The van der Waals surface area contributed by atoms with Crippen LogP contribution in [0.2, 0.25) is 0 Å². The minimum absolute atomic E-state index is 0.0418. The fraction of sp³-hybridized carbons (Fsp3) is 0.500. The minimum Gasteiger partial charge on any atom is -0.494 e. The lowest BCUT2D eigenvalue weighted by Crippen LogP contribution is -2.26. The lowest BCUT2D eigenvalue weighted by Gasteiger charge is -2.07. The van der Waals surface area contributed by atoms with Crippen molar-refractivity contribution in [3.63, 3.8) is 0 Å². The summed E-state index contributed by atoms with van der Waals surface area (Å²) in [7, 11) is 0. The van der Waals surface area contributed by atoms with Crippen molar-refractivity contribution >= 4 is 17.5 Å². The number of carbonyl (C=O) groups excluding carboxylic acids is 2. The van der Waals surface area contributed by atoms with Crippen molar-refractivity contribution in [3.05, 3.63) is 24.3 Å². The Labute approximate surface area is 125 Å². The van der Waals surface area contributed by atoms with Gasteiger partial charge in [0.15, 0.2) is 0 Å². The predicted octanol–water partition coefficient (Wildman–Crippen LogP) is 2.33. The zero-order valence-corrected chi connectivity index (χ0v) is 12.4. The maximum absolute atomic E-state index is 11.8. The van der Waals surface area contributed by atoms with Crippen LogP contribution in [-0.4, -0.2) is 25.0 Å². The molecule has 21 heavy (non-hydrogen) atoms. The molecule has 5 nitrogen and oxygen atoms in total. The van der Waals surface area contributed by atoms with Gasteiger partial charge >= 0.3 is 0 Å². The third-order valence-corrected chi connectivity index (χ3v) is 3.28. The van der Waals surface area contributed by atoms with Crippen LogP contribution in [0.4, 0.5) is 5.69 Å². The molecule has 0 bridgehead atoms. The van der Waals surface area contributed by atoms with E-state index >= 15 is 0 Å². The molecule has 0 spiro atoms. The van der Waals surface area contributed by atoms with Gasteiger partial charge in [-0.1, -0.05) is 0 Å². The highest BCUT2D eigenvalue weighted by Crippen LogP contribution is 2.28. The molecular formula is C16H22N2O3. The van der Waals surface area contributed by atoms with Crippen molar-refractivity contribution in [1.82, 2.24) is 5.32 Å². The Morgan fingerprint density at radius 1 is 1.24 bits per heavy atom. The van der Waals surface area contributed by atoms with Crippen LogP contribution < -0.4 is 15.4 Å². The molecule has 0 atom stereocenters. The fourth-order valence-corrected chi connectivity index (χ4v) is 1.98. The monoisotopic (exact) mass is 290 g/mol. The maximum atomic E-state index is 11.8. The van der Waals surface area contributed by atoms with Crippen molar-refractivity contribution in [2.24, 2.45) is 5.92 Å². The van der Waals surface area contributed by atoms with E-state index in [1.807, 2.05) is 31.2 Å². The van der Waals surface area contributed by atoms with Crippen molar-refractivity contribution in [1.29, 1.82) is 0 Å². The van der Waals surface area contributed by atoms with Gasteiger partial charge in [-0.05, 0) is 50.5 Å². The Kier molecular flexibility index (Phi) is 5.60. The average Bonchev–Trinajstić information content (AvgIpc) is 3.30. The topological polar surface area (TPSA) is 67.4 Å². The highest BCUT2D eigenvalue weighted by molar-refractivity contribution is 5.90. The van der Waals surface area contributed by atoms with E-state index in [4.69, 9.17) is 4.74 Å². The van der Waals surface area contributed by atoms with E-state index < -0.39 is 0 Å². The van der Waals surface area contributed by atoms with Gasteiger partial charge in [0, 0.05) is 24.6 Å². The number of hydrogen-bond donors (Lipinski definition) is 2. The second-order valence-corrected chi connectivity index (χ2v) is 5.17. The van der Waals surface area contributed by atoms with Crippen molar-refractivity contribution < 1.29 is 14.3 Å². The van der Waals surface area contributed by atoms with Crippen molar-refractivity contribution in [3.8, 4) is 5.75 Å². The Hall–Kier alpha value is -2.04. The summed E-state index contributed by atoms with van der Waals surface area (Å²) in [5.41, 5.74) is 0.755. The van der Waals surface area contributed by atoms with Gasteiger partial charge in [0.2, 0.25) is 11.8 Å². The van der Waals surface area contributed by atoms with Gasteiger partial charge in [0.05, 0.1) is 6.61 Å². The summed E-state index contributed by atoms with van der Waals surface area (Å²) in [5.74, 6) is 1.10. The van der Waals surface area contributed by atoms with Crippen LogP contribution in [0.1, 0.15) is 32.6 Å². The lowest BCUT2D eigenvalue weighted by molar-refractivity contribution is -0.122. The Balaban J connectivity index is 1.62. The third kappa shape index (κ3) is 5.45. The van der Waals surface area contributed by atoms with Crippen molar-refractivity contribution in [2.45, 2.75) is 32.6 Å². The van der Waals surface area contributed by atoms with Crippen LogP contribution in [0, 0.1) is 5.92 Å². The molecule has 1 aromatic carbocycles. The molecule has 5 heteroatoms. The molecule has 2 rings (SSSR count). The van der Waals surface area contributed by atoms with Crippen LogP contribution in [0.5, 0.6) is 5.75 Å². The second kappa shape index (κ2) is 7.67. The molecule has 1 aromatic rings. The average molecular weight is 290 g/mol. The number of amides is 2. The first-order valence-corrected chi connectivity index (χ1v) is 7.49. The molecule has 2 N–H and O–H groups in total. The molecule has 0 aliphatic heterocycles. The van der Waals surface area contributed by atoms with Gasteiger partial charge < -0.3 is 15.4 Å². The van der Waals surface area contributed by atoms with E-state index in [1.54, 1.807) is 0 Å². The van der Waals surface area contributed by atoms with E-state index in [0.717, 1.165) is 24.3 Å².